The van der Waals surface area contributed by atoms with Crippen LogP contribution in [0.4, 0.5) is 11.6 Å². The van der Waals surface area contributed by atoms with Crippen LogP contribution in [-0.2, 0) is 0 Å². The molecule has 1 aliphatic rings. The van der Waals surface area contributed by atoms with Crippen LogP contribution in [0.1, 0.15) is 39.0 Å². The highest BCUT2D eigenvalue weighted by Crippen LogP contribution is 2.40. The molecular weight excluding hydrogens is 284 g/mol. The monoisotopic (exact) mass is 310 g/mol. The Bertz CT molecular complexity index is 449. The molecule has 0 aliphatic heterocycles. The average molecular weight is 310 g/mol. The molecule has 21 heavy (non-hydrogen) atoms. The van der Waals surface area contributed by atoms with Gasteiger partial charge in [0, 0.05) is 17.8 Å². The molecule has 118 valence electrons. The van der Waals surface area contributed by atoms with Crippen molar-refractivity contribution in [1.82, 2.24) is 9.97 Å². The standard InChI is InChI=1S/C15H26N4OS/c1-4-9-16-13-12(20-2)14(19-11-18-13)17-10-15(21-3)7-5-6-8-15/h11H,4-10H2,1-3H3,(H2,16,17,18,19). The first-order valence-corrected chi connectivity index (χ1v) is 8.89. The third-order valence-electron chi connectivity index (χ3n) is 4.08. The number of anilines is 2. The second kappa shape index (κ2) is 7.73. The van der Waals surface area contributed by atoms with Crippen molar-refractivity contribution in [3.8, 4) is 5.75 Å². The van der Waals surface area contributed by atoms with Crippen molar-refractivity contribution in [2.75, 3.05) is 37.1 Å². The van der Waals surface area contributed by atoms with Crippen LogP contribution in [0.25, 0.3) is 0 Å². The van der Waals surface area contributed by atoms with Gasteiger partial charge in [0.2, 0.25) is 5.75 Å². The van der Waals surface area contributed by atoms with Crippen LogP contribution in [0.3, 0.4) is 0 Å². The molecule has 0 bridgehead atoms. The molecule has 2 rings (SSSR count). The highest BCUT2D eigenvalue weighted by molar-refractivity contribution is 8.00. The molecule has 1 heterocycles. The Hall–Kier alpha value is -1.17. The van der Waals surface area contributed by atoms with Crippen LogP contribution in [0.5, 0.6) is 5.75 Å². The lowest BCUT2D eigenvalue weighted by molar-refractivity contribution is 0.414. The van der Waals surface area contributed by atoms with E-state index in [0.717, 1.165) is 31.1 Å². The summed E-state index contributed by atoms with van der Waals surface area (Å²) in [5, 5.41) is 6.76. The number of hydrogen-bond donors (Lipinski definition) is 2. The zero-order valence-electron chi connectivity index (χ0n) is 13.2. The number of aromatic nitrogens is 2. The fourth-order valence-electron chi connectivity index (χ4n) is 2.78. The summed E-state index contributed by atoms with van der Waals surface area (Å²) in [5.74, 6) is 2.26. The van der Waals surface area contributed by atoms with Crippen LogP contribution in [0.15, 0.2) is 6.33 Å². The number of rotatable bonds is 8. The maximum Gasteiger partial charge on any atom is 0.204 e. The van der Waals surface area contributed by atoms with Gasteiger partial charge in [-0.3, -0.25) is 0 Å². The van der Waals surface area contributed by atoms with Crippen LogP contribution in [0.2, 0.25) is 0 Å². The Morgan fingerprint density at radius 1 is 1.24 bits per heavy atom. The molecule has 0 unspecified atom stereocenters. The van der Waals surface area contributed by atoms with E-state index in [0.29, 0.717) is 10.5 Å². The first-order chi connectivity index (χ1) is 10.2. The first-order valence-electron chi connectivity index (χ1n) is 7.66. The van der Waals surface area contributed by atoms with Gasteiger partial charge >= 0.3 is 0 Å². The maximum atomic E-state index is 5.50. The summed E-state index contributed by atoms with van der Waals surface area (Å²) in [6.07, 6.45) is 10.0. The molecule has 6 heteroatoms. The molecular formula is C15H26N4OS. The molecule has 0 amide bonds. The van der Waals surface area contributed by atoms with Crippen molar-refractivity contribution in [3.63, 3.8) is 0 Å². The van der Waals surface area contributed by atoms with Gasteiger partial charge in [-0.15, -0.1) is 0 Å². The first kappa shape index (κ1) is 16.2. The van der Waals surface area contributed by atoms with E-state index in [2.05, 4.69) is 33.8 Å². The fourth-order valence-corrected chi connectivity index (χ4v) is 3.69. The van der Waals surface area contributed by atoms with E-state index in [1.807, 2.05) is 11.8 Å². The quantitative estimate of drug-likeness (QED) is 0.767. The zero-order valence-corrected chi connectivity index (χ0v) is 14.1. The van der Waals surface area contributed by atoms with Gasteiger partial charge in [-0.05, 0) is 25.5 Å². The van der Waals surface area contributed by atoms with Gasteiger partial charge in [0.15, 0.2) is 11.6 Å². The molecule has 0 atom stereocenters. The van der Waals surface area contributed by atoms with Crippen molar-refractivity contribution < 1.29 is 4.74 Å². The van der Waals surface area contributed by atoms with Crippen LogP contribution < -0.4 is 15.4 Å². The second-order valence-electron chi connectivity index (χ2n) is 5.48. The maximum absolute atomic E-state index is 5.50. The van der Waals surface area contributed by atoms with E-state index in [4.69, 9.17) is 4.74 Å². The lowest BCUT2D eigenvalue weighted by Gasteiger charge is -2.27. The normalized spacial score (nSPS) is 16.7. The van der Waals surface area contributed by atoms with E-state index >= 15 is 0 Å². The Balaban J connectivity index is 2.08. The minimum absolute atomic E-state index is 0.340. The van der Waals surface area contributed by atoms with Gasteiger partial charge in [-0.1, -0.05) is 19.8 Å². The Kier molecular flexibility index (Phi) is 5.96. The summed E-state index contributed by atoms with van der Waals surface area (Å²) in [6.45, 7) is 3.93. The summed E-state index contributed by atoms with van der Waals surface area (Å²) < 4.78 is 5.84. The van der Waals surface area contributed by atoms with Crippen LogP contribution >= 0.6 is 11.8 Å². The van der Waals surface area contributed by atoms with Gasteiger partial charge in [0.1, 0.15) is 6.33 Å². The Morgan fingerprint density at radius 2 is 1.90 bits per heavy atom. The molecule has 0 spiro atoms. The lowest BCUT2D eigenvalue weighted by atomic mass is 10.1. The number of nitrogens with zero attached hydrogens (tertiary/aromatic N) is 2. The molecule has 1 fully saturated rings. The number of thioether (sulfide) groups is 1. The number of hydrogen-bond acceptors (Lipinski definition) is 6. The van der Waals surface area contributed by atoms with Gasteiger partial charge < -0.3 is 15.4 Å². The number of ether oxygens (including phenoxy) is 1. The molecule has 0 saturated heterocycles. The molecule has 1 saturated carbocycles. The van der Waals surface area contributed by atoms with Gasteiger partial charge in [-0.2, -0.15) is 11.8 Å². The Morgan fingerprint density at radius 3 is 2.48 bits per heavy atom. The summed E-state index contributed by atoms with van der Waals surface area (Å²) in [4.78, 5) is 8.62. The SMILES string of the molecule is CCCNc1ncnc(NCC2(SC)CCCC2)c1OC. The number of nitrogens with one attached hydrogen (secondary N) is 2. The van der Waals surface area contributed by atoms with Crippen molar-refractivity contribution in [1.29, 1.82) is 0 Å². The van der Waals surface area contributed by atoms with Crippen LogP contribution in [0, 0.1) is 0 Å². The van der Waals surface area contributed by atoms with Crippen molar-refractivity contribution in [3.05, 3.63) is 6.33 Å². The van der Waals surface area contributed by atoms with Gasteiger partial charge in [0.25, 0.3) is 0 Å². The van der Waals surface area contributed by atoms with Gasteiger partial charge in [-0.25, -0.2) is 9.97 Å². The predicted octanol–water partition coefficient (Wildman–Crippen LogP) is 3.39. The smallest absolute Gasteiger partial charge is 0.204 e. The molecule has 1 aromatic heterocycles. The van der Waals surface area contributed by atoms with E-state index in [1.54, 1.807) is 13.4 Å². The Labute approximate surface area is 131 Å². The van der Waals surface area contributed by atoms with Crippen molar-refractivity contribution >= 4 is 23.4 Å². The second-order valence-corrected chi connectivity index (χ2v) is 6.75. The minimum Gasteiger partial charge on any atom is -0.490 e. The average Bonchev–Trinajstić information content (AvgIpc) is 3.00. The third kappa shape index (κ3) is 3.93. The summed E-state index contributed by atoms with van der Waals surface area (Å²) in [6, 6.07) is 0. The third-order valence-corrected chi connectivity index (χ3v) is 5.49. The molecule has 1 aliphatic carbocycles. The molecule has 0 aromatic carbocycles. The zero-order chi connectivity index (χ0) is 15.1. The van der Waals surface area contributed by atoms with Gasteiger partial charge in [0.05, 0.1) is 7.11 Å². The summed E-state index contributed by atoms with van der Waals surface area (Å²) >= 11 is 1.97. The highest BCUT2D eigenvalue weighted by atomic mass is 32.2. The predicted molar refractivity (Wildman–Crippen MR) is 90.6 cm³/mol. The summed E-state index contributed by atoms with van der Waals surface area (Å²) in [7, 11) is 1.67. The highest BCUT2D eigenvalue weighted by Gasteiger charge is 2.33. The minimum atomic E-state index is 0.340. The van der Waals surface area contributed by atoms with Crippen molar-refractivity contribution in [2.45, 2.75) is 43.8 Å². The van der Waals surface area contributed by atoms with E-state index < -0.39 is 0 Å². The topological polar surface area (TPSA) is 59.1 Å². The van der Waals surface area contributed by atoms with E-state index in [-0.39, 0.29) is 0 Å². The lowest BCUT2D eigenvalue weighted by Crippen LogP contribution is -2.30. The van der Waals surface area contributed by atoms with Crippen LogP contribution in [-0.4, -0.2) is 41.2 Å². The largest absolute Gasteiger partial charge is 0.490 e. The van der Waals surface area contributed by atoms with E-state index in [9.17, 15) is 0 Å². The van der Waals surface area contributed by atoms with E-state index in [1.165, 1.54) is 25.7 Å². The molecule has 0 radical (unpaired) electrons. The molecule has 2 N–H and O–H groups in total. The van der Waals surface area contributed by atoms with Crippen molar-refractivity contribution in [2.24, 2.45) is 0 Å². The fraction of sp³-hybridized carbons (Fsp3) is 0.733. The molecule has 5 nitrogen and oxygen atoms in total. The summed E-state index contributed by atoms with van der Waals surface area (Å²) in [5.41, 5.74) is 0. The molecule has 1 aromatic rings. The number of methoxy groups -OCH3 is 1.